The van der Waals surface area contributed by atoms with E-state index in [1.807, 2.05) is 10.9 Å². The van der Waals surface area contributed by atoms with Gasteiger partial charge in [-0.25, -0.2) is 0 Å². The molecule has 2 rings (SSSR count). The molecule has 1 heterocycles. The molecule has 1 saturated carbocycles. The summed E-state index contributed by atoms with van der Waals surface area (Å²) in [4.78, 5) is 0. The van der Waals surface area contributed by atoms with E-state index in [0.717, 1.165) is 25.8 Å². The highest BCUT2D eigenvalue weighted by Gasteiger charge is 2.37. The largest absolute Gasteiger partial charge is 0.273 e. The van der Waals surface area contributed by atoms with E-state index >= 15 is 0 Å². The van der Waals surface area contributed by atoms with Crippen molar-refractivity contribution >= 4 is 0 Å². The molecule has 0 spiro atoms. The molecule has 0 radical (unpaired) electrons. The minimum atomic E-state index is -0.124. The van der Waals surface area contributed by atoms with Crippen molar-refractivity contribution in [3.05, 3.63) is 18.0 Å². The molecule has 2 unspecified atom stereocenters. The number of nitrogens with zero attached hydrogens (tertiary/aromatic N) is 3. The smallest absolute Gasteiger partial charge is 0.0693 e. The maximum Gasteiger partial charge on any atom is 0.0693 e. The first-order chi connectivity index (χ1) is 7.67. The van der Waals surface area contributed by atoms with Gasteiger partial charge in [-0.1, -0.05) is 6.92 Å². The lowest BCUT2D eigenvalue weighted by molar-refractivity contribution is 0.391. The van der Waals surface area contributed by atoms with Crippen LogP contribution in [0.5, 0.6) is 0 Å². The van der Waals surface area contributed by atoms with Gasteiger partial charge in [-0.2, -0.15) is 10.4 Å². The number of hydrogen-bond acceptors (Lipinski definition) is 2. The van der Waals surface area contributed by atoms with E-state index in [1.54, 1.807) is 0 Å². The number of aromatic nitrogens is 2. The summed E-state index contributed by atoms with van der Waals surface area (Å²) in [5.41, 5.74) is 1.08. The summed E-state index contributed by atoms with van der Waals surface area (Å²) >= 11 is 0. The molecule has 0 saturated heterocycles. The Morgan fingerprint density at radius 1 is 1.69 bits per heavy atom. The summed E-state index contributed by atoms with van der Waals surface area (Å²) in [6.07, 6.45) is 8.12. The third-order valence-electron chi connectivity index (χ3n) is 3.65. The zero-order chi connectivity index (χ0) is 11.6. The van der Waals surface area contributed by atoms with Gasteiger partial charge in [-0.15, -0.1) is 0 Å². The minimum Gasteiger partial charge on any atom is -0.273 e. The van der Waals surface area contributed by atoms with Crippen molar-refractivity contribution in [1.82, 2.24) is 9.78 Å². The Hall–Kier alpha value is -1.30. The van der Waals surface area contributed by atoms with Crippen LogP contribution in [-0.2, 0) is 13.0 Å². The molecule has 86 valence electrons. The molecule has 0 amide bonds. The van der Waals surface area contributed by atoms with Crippen LogP contribution in [-0.4, -0.2) is 9.78 Å². The van der Waals surface area contributed by atoms with Gasteiger partial charge in [0.15, 0.2) is 0 Å². The second-order valence-corrected chi connectivity index (χ2v) is 5.12. The topological polar surface area (TPSA) is 41.6 Å². The molecule has 0 aromatic carbocycles. The second-order valence-electron chi connectivity index (χ2n) is 5.12. The average molecular weight is 217 g/mol. The fourth-order valence-electron chi connectivity index (χ4n) is 2.76. The zero-order valence-electron chi connectivity index (χ0n) is 10.1. The third-order valence-corrected chi connectivity index (χ3v) is 3.65. The van der Waals surface area contributed by atoms with Crippen molar-refractivity contribution in [2.24, 2.45) is 11.3 Å². The van der Waals surface area contributed by atoms with Crippen molar-refractivity contribution in [3.8, 4) is 6.07 Å². The number of hydrogen-bond donors (Lipinski definition) is 0. The predicted octanol–water partition coefficient (Wildman–Crippen LogP) is 2.78. The highest BCUT2D eigenvalue weighted by Crippen LogP contribution is 2.43. The Morgan fingerprint density at radius 3 is 3.00 bits per heavy atom. The first-order valence-corrected chi connectivity index (χ1v) is 6.10. The van der Waals surface area contributed by atoms with Gasteiger partial charge in [0.1, 0.15) is 0 Å². The lowest BCUT2D eigenvalue weighted by Crippen LogP contribution is -2.17. The first kappa shape index (κ1) is 11.2. The van der Waals surface area contributed by atoms with E-state index in [2.05, 4.69) is 31.2 Å². The van der Waals surface area contributed by atoms with E-state index < -0.39 is 0 Å². The van der Waals surface area contributed by atoms with Crippen LogP contribution >= 0.6 is 0 Å². The average Bonchev–Trinajstić information content (AvgIpc) is 2.87. The molecule has 3 nitrogen and oxygen atoms in total. The molecular weight excluding hydrogens is 198 g/mol. The Labute approximate surface area is 97.1 Å². The molecular formula is C13H19N3. The van der Waals surface area contributed by atoms with Crippen LogP contribution in [0.1, 0.15) is 38.7 Å². The monoisotopic (exact) mass is 217 g/mol. The fraction of sp³-hybridized carbons (Fsp3) is 0.692. The summed E-state index contributed by atoms with van der Waals surface area (Å²) < 4.78 is 1.93. The molecule has 2 atom stereocenters. The van der Waals surface area contributed by atoms with Gasteiger partial charge in [0.05, 0.1) is 17.7 Å². The Balaban J connectivity index is 2.10. The van der Waals surface area contributed by atoms with Gasteiger partial charge < -0.3 is 0 Å². The SMILES string of the molecule is CCn1cc(CC2(C#N)CCC(C)C2)cn1. The summed E-state index contributed by atoms with van der Waals surface area (Å²) in [6.45, 7) is 5.22. The van der Waals surface area contributed by atoms with Gasteiger partial charge in [-0.3, -0.25) is 4.68 Å². The standard InChI is InChI=1S/C13H19N3/c1-3-16-9-12(8-15-16)7-13(10-14)5-4-11(2)6-13/h8-9,11H,3-7H2,1-2H3. The molecule has 3 heteroatoms. The highest BCUT2D eigenvalue weighted by molar-refractivity contribution is 5.15. The van der Waals surface area contributed by atoms with E-state index in [-0.39, 0.29) is 5.41 Å². The van der Waals surface area contributed by atoms with Gasteiger partial charge in [-0.05, 0) is 44.1 Å². The number of nitriles is 1. The highest BCUT2D eigenvalue weighted by atomic mass is 15.3. The molecule has 1 aromatic rings. The maximum atomic E-state index is 9.38. The van der Waals surface area contributed by atoms with Gasteiger partial charge in [0.25, 0.3) is 0 Å². The molecule has 1 aliphatic carbocycles. The summed E-state index contributed by atoms with van der Waals surface area (Å²) in [7, 11) is 0. The predicted molar refractivity (Wildman–Crippen MR) is 62.7 cm³/mol. The molecule has 1 aromatic heterocycles. The lowest BCUT2D eigenvalue weighted by Gasteiger charge is -2.19. The van der Waals surface area contributed by atoms with Crippen LogP contribution in [0.25, 0.3) is 0 Å². The molecule has 0 bridgehead atoms. The van der Waals surface area contributed by atoms with Crippen molar-refractivity contribution in [3.63, 3.8) is 0 Å². The van der Waals surface area contributed by atoms with E-state index in [0.29, 0.717) is 5.92 Å². The van der Waals surface area contributed by atoms with Crippen LogP contribution in [0.4, 0.5) is 0 Å². The molecule has 16 heavy (non-hydrogen) atoms. The molecule has 1 fully saturated rings. The van der Waals surface area contributed by atoms with Crippen LogP contribution < -0.4 is 0 Å². The minimum absolute atomic E-state index is 0.124. The second kappa shape index (κ2) is 4.29. The van der Waals surface area contributed by atoms with Crippen molar-refractivity contribution in [2.75, 3.05) is 0 Å². The van der Waals surface area contributed by atoms with Gasteiger partial charge in [0, 0.05) is 12.7 Å². The molecule has 0 N–H and O–H groups in total. The number of aryl methyl sites for hydroxylation is 1. The van der Waals surface area contributed by atoms with E-state index in [9.17, 15) is 5.26 Å². The Kier molecular flexibility index (Phi) is 3.00. The third kappa shape index (κ3) is 2.11. The first-order valence-electron chi connectivity index (χ1n) is 6.10. The maximum absolute atomic E-state index is 9.38. The normalized spacial score (nSPS) is 29.2. The van der Waals surface area contributed by atoms with Crippen LogP contribution in [0.15, 0.2) is 12.4 Å². The zero-order valence-corrected chi connectivity index (χ0v) is 10.1. The lowest BCUT2D eigenvalue weighted by atomic mass is 9.81. The summed E-state index contributed by atoms with van der Waals surface area (Å²) in [5.74, 6) is 0.695. The Morgan fingerprint density at radius 2 is 2.50 bits per heavy atom. The van der Waals surface area contributed by atoms with Crippen molar-refractivity contribution in [1.29, 1.82) is 5.26 Å². The van der Waals surface area contributed by atoms with Crippen LogP contribution in [0.3, 0.4) is 0 Å². The quantitative estimate of drug-likeness (QED) is 0.781. The van der Waals surface area contributed by atoms with E-state index in [1.165, 1.54) is 12.0 Å². The molecule has 1 aliphatic rings. The van der Waals surface area contributed by atoms with E-state index in [4.69, 9.17) is 0 Å². The fourth-order valence-corrected chi connectivity index (χ4v) is 2.76. The van der Waals surface area contributed by atoms with Crippen LogP contribution in [0.2, 0.25) is 0 Å². The van der Waals surface area contributed by atoms with Crippen molar-refractivity contribution < 1.29 is 0 Å². The molecule has 0 aliphatic heterocycles. The Bertz CT molecular complexity index is 402. The number of rotatable bonds is 3. The van der Waals surface area contributed by atoms with Gasteiger partial charge >= 0.3 is 0 Å². The van der Waals surface area contributed by atoms with Crippen molar-refractivity contribution in [2.45, 2.75) is 46.1 Å². The van der Waals surface area contributed by atoms with Crippen LogP contribution in [0, 0.1) is 22.7 Å². The summed E-state index contributed by atoms with van der Waals surface area (Å²) in [6, 6.07) is 2.55. The summed E-state index contributed by atoms with van der Waals surface area (Å²) in [5, 5.41) is 13.7. The van der Waals surface area contributed by atoms with Gasteiger partial charge in [0.2, 0.25) is 0 Å².